The van der Waals surface area contributed by atoms with E-state index in [1.807, 2.05) is 43.5 Å². The summed E-state index contributed by atoms with van der Waals surface area (Å²) in [5, 5.41) is 0. The van der Waals surface area contributed by atoms with Crippen LogP contribution in [0.1, 0.15) is 24.0 Å². The van der Waals surface area contributed by atoms with Crippen LogP contribution in [-0.4, -0.2) is 62.4 Å². The second-order valence-electron chi connectivity index (χ2n) is 7.27. The molecule has 152 valence electrons. The Labute approximate surface area is 167 Å². The van der Waals surface area contributed by atoms with Crippen LogP contribution >= 0.6 is 0 Å². The van der Waals surface area contributed by atoms with Crippen molar-refractivity contribution in [2.45, 2.75) is 32.0 Å². The summed E-state index contributed by atoms with van der Waals surface area (Å²) in [6.45, 7) is 3.22. The first kappa shape index (κ1) is 20.4. The summed E-state index contributed by atoms with van der Waals surface area (Å²) in [7, 11) is 7.23. The van der Waals surface area contributed by atoms with E-state index < -0.39 is 0 Å². The molecule has 1 aliphatic rings. The van der Waals surface area contributed by atoms with Gasteiger partial charge in [0.25, 0.3) is 0 Å². The molecule has 7 heteroatoms. The Bertz CT molecular complexity index is 746. The van der Waals surface area contributed by atoms with Crippen molar-refractivity contribution in [2.75, 3.05) is 46.4 Å². The molecule has 7 nitrogen and oxygen atoms in total. The minimum atomic E-state index is 0.270. The highest BCUT2D eigenvalue weighted by atomic mass is 16.5. The molecule has 2 heterocycles. The standard InChI is InChI=1S/C21H30N4O3/c1-24(2)21-22-11-16(12-23-21)13-25(15-19-6-5-9-28-19)14-17-7-8-18(26-3)10-20(17)27-4/h7-8,10-12,19H,5-6,9,13-15H2,1-4H3/t19-/m0/s1. The lowest BCUT2D eigenvalue weighted by molar-refractivity contribution is 0.0675. The van der Waals surface area contributed by atoms with E-state index in [1.165, 1.54) is 0 Å². The number of hydrogen-bond acceptors (Lipinski definition) is 7. The lowest BCUT2D eigenvalue weighted by Gasteiger charge is -2.26. The van der Waals surface area contributed by atoms with Crippen molar-refractivity contribution < 1.29 is 14.2 Å². The molecule has 28 heavy (non-hydrogen) atoms. The molecule has 0 saturated carbocycles. The summed E-state index contributed by atoms with van der Waals surface area (Å²) in [5.74, 6) is 2.33. The summed E-state index contributed by atoms with van der Waals surface area (Å²) >= 11 is 0. The molecule has 0 aliphatic carbocycles. The third-order valence-electron chi connectivity index (χ3n) is 4.87. The van der Waals surface area contributed by atoms with Crippen LogP contribution in [0.15, 0.2) is 30.6 Å². The van der Waals surface area contributed by atoms with Crippen LogP contribution in [-0.2, 0) is 17.8 Å². The van der Waals surface area contributed by atoms with Gasteiger partial charge >= 0.3 is 0 Å². The molecule has 1 aromatic heterocycles. The first-order chi connectivity index (χ1) is 13.6. The first-order valence-electron chi connectivity index (χ1n) is 9.62. The third-order valence-corrected chi connectivity index (χ3v) is 4.87. The van der Waals surface area contributed by atoms with Gasteiger partial charge in [-0.3, -0.25) is 4.90 Å². The predicted molar refractivity (Wildman–Crippen MR) is 109 cm³/mol. The summed E-state index contributed by atoms with van der Waals surface area (Å²) in [6, 6.07) is 5.96. The average Bonchev–Trinajstić information content (AvgIpc) is 3.21. The maximum absolute atomic E-state index is 5.87. The highest BCUT2D eigenvalue weighted by molar-refractivity contribution is 5.40. The second kappa shape index (κ2) is 9.71. The van der Waals surface area contributed by atoms with Crippen molar-refractivity contribution >= 4 is 5.95 Å². The van der Waals surface area contributed by atoms with Gasteiger partial charge in [0.2, 0.25) is 5.95 Å². The molecule has 1 aliphatic heterocycles. The number of ether oxygens (including phenoxy) is 3. The average molecular weight is 386 g/mol. The lowest BCUT2D eigenvalue weighted by atomic mass is 10.1. The molecule has 0 bridgehead atoms. The molecule has 0 radical (unpaired) electrons. The highest BCUT2D eigenvalue weighted by Crippen LogP contribution is 2.27. The minimum absolute atomic E-state index is 0.270. The van der Waals surface area contributed by atoms with E-state index in [9.17, 15) is 0 Å². The maximum atomic E-state index is 5.87. The van der Waals surface area contributed by atoms with Gasteiger partial charge in [-0.1, -0.05) is 6.07 Å². The molecule has 1 saturated heterocycles. The highest BCUT2D eigenvalue weighted by Gasteiger charge is 2.21. The fourth-order valence-corrected chi connectivity index (χ4v) is 3.40. The number of methoxy groups -OCH3 is 2. The number of nitrogens with zero attached hydrogens (tertiary/aromatic N) is 4. The Morgan fingerprint density at radius 2 is 1.89 bits per heavy atom. The van der Waals surface area contributed by atoms with E-state index in [1.54, 1.807) is 14.2 Å². The fraction of sp³-hybridized carbons (Fsp3) is 0.524. The van der Waals surface area contributed by atoms with E-state index in [2.05, 4.69) is 20.9 Å². The Kier molecular flexibility index (Phi) is 7.06. The molecule has 0 spiro atoms. The normalized spacial score (nSPS) is 16.4. The lowest BCUT2D eigenvalue weighted by Crippen LogP contribution is -2.31. The summed E-state index contributed by atoms with van der Waals surface area (Å²) in [6.07, 6.45) is 6.30. The quantitative estimate of drug-likeness (QED) is 0.657. The fourth-order valence-electron chi connectivity index (χ4n) is 3.40. The number of hydrogen-bond donors (Lipinski definition) is 0. The Morgan fingerprint density at radius 1 is 1.11 bits per heavy atom. The van der Waals surface area contributed by atoms with E-state index in [4.69, 9.17) is 14.2 Å². The van der Waals surface area contributed by atoms with Gasteiger partial charge in [-0.05, 0) is 18.9 Å². The number of aromatic nitrogens is 2. The van der Waals surface area contributed by atoms with Crippen LogP contribution in [0.5, 0.6) is 11.5 Å². The van der Waals surface area contributed by atoms with Gasteiger partial charge in [0.05, 0.1) is 20.3 Å². The Hall–Kier alpha value is -2.38. The van der Waals surface area contributed by atoms with Crippen LogP contribution in [0.3, 0.4) is 0 Å². The molecule has 3 rings (SSSR count). The number of benzene rings is 1. The molecule has 0 amide bonds. The van der Waals surface area contributed by atoms with Crippen LogP contribution < -0.4 is 14.4 Å². The molecular formula is C21H30N4O3. The molecule has 0 unspecified atom stereocenters. The zero-order valence-electron chi connectivity index (χ0n) is 17.2. The number of anilines is 1. The topological polar surface area (TPSA) is 60.0 Å². The van der Waals surface area contributed by atoms with Crippen molar-refractivity contribution in [1.29, 1.82) is 0 Å². The van der Waals surface area contributed by atoms with Crippen molar-refractivity contribution in [3.8, 4) is 11.5 Å². The summed E-state index contributed by atoms with van der Waals surface area (Å²) < 4.78 is 16.8. The van der Waals surface area contributed by atoms with Gasteiger partial charge < -0.3 is 19.1 Å². The van der Waals surface area contributed by atoms with E-state index >= 15 is 0 Å². The molecular weight excluding hydrogens is 356 g/mol. The molecule has 1 atom stereocenters. The van der Waals surface area contributed by atoms with Crippen LogP contribution in [0, 0.1) is 0 Å². The predicted octanol–water partition coefficient (Wildman–Crippen LogP) is 2.74. The number of rotatable bonds is 9. The molecule has 0 N–H and O–H groups in total. The molecule has 1 aromatic carbocycles. The van der Waals surface area contributed by atoms with E-state index in [0.29, 0.717) is 5.95 Å². The van der Waals surface area contributed by atoms with Crippen molar-refractivity contribution in [3.05, 3.63) is 41.7 Å². The van der Waals surface area contributed by atoms with Crippen molar-refractivity contribution in [2.24, 2.45) is 0 Å². The van der Waals surface area contributed by atoms with Crippen molar-refractivity contribution in [1.82, 2.24) is 14.9 Å². The van der Waals surface area contributed by atoms with Crippen molar-refractivity contribution in [3.63, 3.8) is 0 Å². The van der Waals surface area contributed by atoms with Gasteiger partial charge in [0, 0.05) is 69.9 Å². The summed E-state index contributed by atoms with van der Waals surface area (Å²) in [4.78, 5) is 13.2. The smallest absolute Gasteiger partial charge is 0.224 e. The largest absolute Gasteiger partial charge is 0.497 e. The van der Waals surface area contributed by atoms with Gasteiger partial charge in [-0.2, -0.15) is 0 Å². The Morgan fingerprint density at radius 3 is 2.50 bits per heavy atom. The van der Waals surface area contributed by atoms with Gasteiger partial charge in [-0.15, -0.1) is 0 Å². The monoisotopic (exact) mass is 386 g/mol. The van der Waals surface area contributed by atoms with Gasteiger partial charge in [-0.25, -0.2) is 9.97 Å². The van der Waals surface area contributed by atoms with Crippen LogP contribution in [0.2, 0.25) is 0 Å². The van der Waals surface area contributed by atoms with Crippen LogP contribution in [0.25, 0.3) is 0 Å². The van der Waals surface area contributed by atoms with Gasteiger partial charge in [0.15, 0.2) is 0 Å². The van der Waals surface area contributed by atoms with Crippen LogP contribution in [0.4, 0.5) is 5.95 Å². The summed E-state index contributed by atoms with van der Waals surface area (Å²) in [5.41, 5.74) is 2.20. The molecule has 2 aromatic rings. The molecule has 1 fully saturated rings. The second-order valence-corrected chi connectivity index (χ2v) is 7.27. The maximum Gasteiger partial charge on any atom is 0.224 e. The first-order valence-corrected chi connectivity index (χ1v) is 9.62. The minimum Gasteiger partial charge on any atom is -0.497 e. The zero-order chi connectivity index (χ0) is 19.9. The SMILES string of the molecule is COc1ccc(CN(Cc2cnc(N(C)C)nc2)C[C@@H]2CCCO2)c(OC)c1. The third kappa shape index (κ3) is 5.33. The van der Waals surface area contributed by atoms with E-state index in [0.717, 1.165) is 61.7 Å². The zero-order valence-corrected chi connectivity index (χ0v) is 17.2. The van der Waals surface area contributed by atoms with Gasteiger partial charge in [0.1, 0.15) is 11.5 Å². The van der Waals surface area contributed by atoms with E-state index in [-0.39, 0.29) is 6.10 Å². The Balaban J connectivity index is 1.76.